The Bertz CT molecular complexity index is 753. The summed E-state index contributed by atoms with van der Waals surface area (Å²) in [5.41, 5.74) is -0.386. The Balaban J connectivity index is 1.81. The van der Waals surface area contributed by atoms with Crippen LogP contribution >= 0.6 is 0 Å². The summed E-state index contributed by atoms with van der Waals surface area (Å²) in [6.07, 6.45) is 0.659. The summed E-state index contributed by atoms with van der Waals surface area (Å²) in [7, 11) is 1.57. The highest BCUT2D eigenvalue weighted by atomic mass is 16.8. The van der Waals surface area contributed by atoms with Crippen LogP contribution in [0.25, 0.3) is 0 Å². The smallest absolute Gasteiger partial charge is 0.359 e. The van der Waals surface area contributed by atoms with Crippen LogP contribution in [-0.2, 0) is 16.9 Å². The van der Waals surface area contributed by atoms with Crippen molar-refractivity contribution in [2.75, 3.05) is 7.11 Å². The van der Waals surface area contributed by atoms with E-state index in [1.54, 1.807) is 31.4 Å². The van der Waals surface area contributed by atoms with Crippen molar-refractivity contribution in [3.05, 3.63) is 59.2 Å². The molecule has 2 aromatic carbocycles. The van der Waals surface area contributed by atoms with Gasteiger partial charge in [-0.2, -0.15) is 0 Å². The molecule has 0 fully saturated rings. The Kier molecular flexibility index (Phi) is 4.04. The molecule has 0 spiro atoms. The normalized spacial score (nSPS) is 25.0. The largest absolute Gasteiger partial charge is 0.497 e. The van der Waals surface area contributed by atoms with E-state index in [2.05, 4.69) is 0 Å². The lowest BCUT2D eigenvalue weighted by Gasteiger charge is -2.32. The zero-order valence-corrected chi connectivity index (χ0v) is 13.4. The van der Waals surface area contributed by atoms with Crippen molar-refractivity contribution in [2.45, 2.75) is 25.1 Å². The van der Waals surface area contributed by atoms with Crippen LogP contribution in [-0.4, -0.2) is 29.6 Å². The summed E-state index contributed by atoms with van der Waals surface area (Å²) in [5.74, 6) is -1.28. The third kappa shape index (κ3) is 2.65. The van der Waals surface area contributed by atoms with Gasteiger partial charge in [0.25, 0.3) is 0 Å². The van der Waals surface area contributed by atoms with Gasteiger partial charge >= 0.3 is 5.97 Å². The molecule has 6 nitrogen and oxygen atoms in total. The third-order valence-electron chi connectivity index (χ3n) is 4.12. The average Bonchev–Trinajstić information content (AvgIpc) is 2.79. The Labute approximate surface area is 139 Å². The van der Waals surface area contributed by atoms with Gasteiger partial charge in [-0.3, -0.25) is 4.79 Å². The van der Waals surface area contributed by atoms with Gasteiger partial charge in [-0.15, -0.1) is 0 Å². The first-order valence-corrected chi connectivity index (χ1v) is 7.40. The molecule has 6 heteroatoms. The molecule has 0 saturated carbocycles. The maximum absolute atomic E-state index is 10.9. The van der Waals surface area contributed by atoms with E-state index in [1.807, 2.05) is 0 Å². The van der Waals surface area contributed by atoms with Crippen LogP contribution in [0.1, 0.15) is 28.4 Å². The molecule has 0 unspecified atom stereocenters. The topological polar surface area (TPSA) is 85.2 Å². The van der Waals surface area contributed by atoms with Gasteiger partial charge < -0.3 is 24.4 Å². The maximum atomic E-state index is 10.9. The van der Waals surface area contributed by atoms with Crippen LogP contribution in [0.3, 0.4) is 0 Å². The number of carbonyl (C=O) groups excluding carboxylic acids is 1. The van der Waals surface area contributed by atoms with Crippen molar-refractivity contribution in [1.29, 1.82) is 0 Å². The van der Waals surface area contributed by atoms with Crippen LogP contribution in [0.15, 0.2) is 42.5 Å². The molecule has 1 aliphatic heterocycles. The average molecular weight is 330 g/mol. The fourth-order valence-electron chi connectivity index (χ4n) is 2.58. The van der Waals surface area contributed by atoms with E-state index < -0.39 is 11.6 Å². The number of hydrogen-bond donors (Lipinski definition) is 2. The number of methoxy groups -OCH3 is 1. The molecular weight excluding hydrogens is 312 g/mol. The third-order valence-corrected chi connectivity index (χ3v) is 4.12. The minimum atomic E-state index is -2.25. The molecule has 1 aliphatic rings. The number of rotatable bonds is 5. The zero-order valence-electron chi connectivity index (χ0n) is 13.4. The highest BCUT2D eigenvalue weighted by molar-refractivity contribution is 5.76. The summed E-state index contributed by atoms with van der Waals surface area (Å²) in [6, 6.07) is 11.6. The number of benzene rings is 2. The molecule has 24 heavy (non-hydrogen) atoms. The second kappa shape index (κ2) is 5.90. The van der Waals surface area contributed by atoms with E-state index in [1.165, 1.54) is 25.1 Å². The standard InChI is InChI=1S/C18H18O6/c1-17(20)15-9-13(10-19)5-8-16(15)24-18(17,21)23-11-12-3-6-14(22-2)7-4-12/h3-10,20-21H,11H2,1-2H3/t17-,18+/m0/s1. The van der Waals surface area contributed by atoms with E-state index in [0.29, 0.717) is 23.2 Å². The van der Waals surface area contributed by atoms with Crippen LogP contribution in [0.4, 0.5) is 0 Å². The SMILES string of the molecule is COc1ccc(CO[C@@]2(O)Oc3ccc(C=O)cc3[C@]2(C)O)cc1. The van der Waals surface area contributed by atoms with Gasteiger partial charge in [0.15, 0.2) is 5.60 Å². The minimum Gasteiger partial charge on any atom is -0.497 e. The van der Waals surface area contributed by atoms with Crippen molar-refractivity contribution in [3.63, 3.8) is 0 Å². The molecule has 2 aromatic rings. The van der Waals surface area contributed by atoms with E-state index >= 15 is 0 Å². The van der Waals surface area contributed by atoms with Crippen molar-refractivity contribution in [2.24, 2.45) is 0 Å². The quantitative estimate of drug-likeness (QED) is 0.644. The molecule has 2 N–H and O–H groups in total. The molecule has 0 amide bonds. The van der Waals surface area contributed by atoms with Gasteiger partial charge in [0, 0.05) is 11.1 Å². The molecular formula is C18H18O6. The fraction of sp³-hybridized carbons (Fsp3) is 0.278. The number of hydrogen-bond acceptors (Lipinski definition) is 6. The molecule has 126 valence electrons. The summed E-state index contributed by atoms with van der Waals surface area (Å²) < 4.78 is 16.0. The summed E-state index contributed by atoms with van der Waals surface area (Å²) >= 11 is 0. The Morgan fingerprint density at radius 3 is 2.50 bits per heavy atom. The summed E-state index contributed by atoms with van der Waals surface area (Å²) in [4.78, 5) is 10.9. The molecule has 1 heterocycles. The summed E-state index contributed by atoms with van der Waals surface area (Å²) in [5, 5.41) is 21.4. The van der Waals surface area contributed by atoms with Gasteiger partial charge in [0.05, 0.1) is 13.7 Å². The minimum absolute atomic E-state index is 0.0190. The second-order valence-corrected chi connectivity index (χ2v) is 5.77. The monoisotopic (exact) mass is 330 g/mol. The number of fused-ring (bicyclic) bond motifs is 1. The number of aldehydes is 1. The van der Waals surface area contributed by atoms with Crippen LogP contribution < -0.4 is 9.47 Å². The van der Waals surface area contributed by atoms with Crippen LogP contribution in [0, 0.1) is 0 Å². The number of carbonyl (C=O) groups is 1. The van der Waals surface area contributed by atoms with Crippen molar-refractivity contribution < 1.29 is 29.2 Å². The van der Waals surface area contributed by atoms with Crippen LogP contribution in [0.5, 0.6) is 11.5 Å². The first-order valence-electron chi connectivity index (χ1n) is 7.40. The lowest BCUT2D eigenvalue weighted by atomic mass is 9.94. The Morgan fingerprint density at radius 2 is 1.88 bits per heavy atom. The fourth-order valence-corrected chi connectivity index (χ4v) is 2.58. The Morgan fingerprint density at radius 1 is 1.17 bits per heavy atom. The number of aliphatic hydroxyl groups is 2. The predicted molar refractivity (Wildman–Crippen MR) is 84.8 cm³/mol. The van der Waals surface area contributed by atoms with Gasteiger partial charge in [-0.1, -0.05) is 12.1 Å². The van der Waals surface area contributed by atoms with Crippen molar-refractivity contribution >= 4 is 6.29 Å². The summed E-state index contributed by atoms with van der Waals surface area (Å²) in [6.45, 7) is 1.40. The van der Waals surface area contributed by atoms with E-state index in [4.69, 9.17) is 14.2 Å². The van der Waals surface area contributed by atoms with Crippen molar-refractivity contribution in [1.82, 2.24) is 0 Å². The molecule has 2 atom stereocenters. The maximum Gasteiger partial charge on any atom is 0.359 e. The lowest BCUT2D eigenvalue weighted by Crippen LogP contribution is -2.51. The van der Waals surface area contributed by atoms with Gasteiger partial charge in [0.2, 0.25) is 0 Å². The predicted octanol–water partition coefficient (Wildman–Crippen LogP) is 1.97. The van der Waals surface area contributed by atoms with Gasteiger partial charge in [-0.25, -0.2) is 0 Å². The molecule has 0 bridgehead atoms. The molecule has 0 aromatic heterocycles. The molecule has 3 rings (SSSR count). The highest BCUT2D eigenvalue weighted by Gasteiger charge is 2.58. The van der Waals surface area contributed by atoms with E-state index in [-0.39, 0.29) is 12.4 Å². The first kappa shape index (κ1) is 16.4. The number of ether oxygens (including phenoxy) is 3. The molecule has 0 radical (unpaired) electrons. The van der Waals surface area contributed by atoms with Gasteiger partial charge in [-0.05, 0) is 42.8 Å². The van der Waals surface area contributed by atoms with Gasteiger partial charge in [0.1, 0.15) is 17.8 Å². The van der Waals surface area contributed by atoms with E-state index in [0.717, 1.165) is 5.56 Å². The first-order chi connectivity index (χ1) is 11.4. The van der Waals surface area contributed by atoms with Crippen molar-refractivity contribution in [3.8, 4) is 11.5 Å². The Hall–Kier alpha value is -2.41. The highest BCUT2D eigenvalue weighted by Crippen LogP contribution is 2.47. The molecule has 0 saturated heterocycles. The second-order valence-electron chi connectivity index (χ2n) is 5.77. The lowest BCUT2D eigenvalue weighted by molar-refractivity contribution is -0.385. The van der Waals surface area contributed by atoms with Crippen LogP contribution in [0.2, 0.25) is 0 Å². The van der Waals surface area contributed by atoms with E-state index in [9.17, 15) is 15.0 Å². The zero-order chi connectivity index (χ0) is 17.4. The molecule has 0 aliphatic carbocycles.